The van der Waals surface area contributed by atoms with Crippen molar-refractivity contribution >= 4 is 11.9 Å². The molecule has 0 bridgehead atoms. The molecule has 1 aliphatic carbocycles. The van der Waals surface area contributed by atoms with Crippen LogP contribution in [0.5, 0.6) is 17.2 Å². The molecule has 0 N–H and O–H groups in total. The van der Waals surface area contributed by atoms with Crippen LogP contribution in [0.15, 0.2) is 91.0 Å². The molecule has 276 valence electrons. The van der Waals surface area contributed by atoms with Crippen LogP contribution in [-0.4, -0.2) is 52.8 Å². The molecule has 1 aliphatic rings. The van der Waals surface area contributed by atoms with E-state index in [2.05, 4.69) is 39.8 Å². The van der Waals surface area contributed by atoms with Crippen molar-refractivity contribution in [1.29, 1.82) is 0 Å². The Kier molecular flexibility index (Phi) is 13.0. The number of carbonyl (C=O) groups excluding carboxylic acids is 2. The fourth-order valence-corrected chi connectivity index (χ4v) is 6.37. The van der Waals surface area contributed by atoms with Gasteiger partial charge in [0.2, 0.25) is 0 Å². The van der Waals surface area contributed by atoms with E-state index in [1.54, 1.807) is 32.4 Å². The lowest BCUT2D eigenvalue weighted by Gasteiger charge is -2.42. The van der Waals surface area contributed by atoms with Gasteiger partial charge in [0.1, 0.15) is 36.0 Å². The summed E-state index contributed by atoms with van der Waals surface area (Å²) in [6.45, 7) is 9.80. The topological polar surface area (TPSA) is 98.8 Å². The van der Waals surface area contributed by atoms with E-state index in [1.807, 2.05) is 60.7 Å². The van der Waals surface area contributed by atoms with Gasteiger partial charge in [-0.2, -0.15) is 0 Å². The lowest BCUT2D eigenvalue weighted by atomic mass is 9.63. The zero-order valence-electron chi connectivity index (χ0n) is 31.1. The zero-order chi connectivity index (χ0) is 37.1. The molecule has 4 aromatic rings. The maximum atomic E-state index is 13.5. The summed E-state index contributed by atoms with van der Waals surface area (Å²) in [5, 5.41) is 0. The molecule has 1 atom stereocenters. The van der Waals surface area contributed by atoms with E-state index in [9.17, 15) is 9.59 Å². The Labute approximate surface area is 307 Å². The van der Waals surface area contributed by atoms with Gasteiger partial charge in [0.15, 0.2) is 12.9 Å². The molecule has 0 aliphatic heterocycles. The lowest BCUT2D eigenvalue weighted by Crippen LogP contribution is -2.34. The Hall–Kier alpha value is -4.86. The average Bonchev–Trinajstić information content (AvgIpc) is 3.14. The molecule has 0 aromatic heterocycles. The summed E-state index contributed by atoms with van der Waals surface area (Å²) < 4.78 is 40.0. The minimum atomic E-state index is -0.731. The molecule has 0 saturated carbocycles. The molecule has 9 heteroatoms. The largest absolute Gasteiger partial charge is 0.496 e. The predicted octanol–water partition coefficient (Wildman–Crippen LogP) is 8.31. The fourth-order valence-electron chi connectivity index (χ4n) is 6.37. The van der Waals surface area contributed by atoms with Gasteiger partial charge in [0, 0.05) is 18.7 Å². The second-order valence-corrected chi connectivity index (χ2v) is 14.2. The molecular formula is C43H50O9. The number of rotatable bonds is 17. The summed E-state index contributed by atoms with van der Waals surface area (Å²) in [5.74, 6) is 0.299. The van der Waals surface area contributed by atoms with Gasteiger partial charge in [-0.1, -0.05) is 94.4 Å². The van der Waals surface area contributed by atoms with Gasteiger partial charge in [-0.3, -0.25) is 4.79 Å². The highest BCUT2D eigenvalue weighted by Crippen LogP contribution is 2.46. The van der Waals surface area contributed by atoms with Crippen LogP contribution in [0.1, 0.15) is 84.8 Å². The summed E-state index contributed by atoms with van der Waals surface area (Å²) >= 11 is 0. The molecule has 0 amide bonds. The second kappa shape index (κ2) is 17.6. The minimum absolute atomic E-state index is 0.0157. The Bertz CT molecular complexity index is 1800. The maximum Gasteiger partial charge on any atom is 0.342 e. The molecule has 0 unspecified atom stereocenters. The fraction of sp³-hybridized carbons (Fsp3) is 0.395. The van der Waals surface area contributed by atoms with E-state index < -0.39 is 18.0 Å². The first-order valence-corrected chi connectivity index (χ1v) is 17.6. The summed E-state index contributed by atoms with van der Waals surface area (Å²) in [6, 6.07) is 28.1. The first-order chi connectivity index (χ1) is 25.0. The monoisotopic (exact) mass is 710 g/mol. The molecule has 0 spiro atoms. The van der Waals surface area contributed by atoms with Crippen LogP contribution in [0.3, 0.4) is 0 Å². The summed E-state index contributed by atoms with van der Waals surface area (Å²) in [5.41, 5.74) is 5.18. The molecule has 9 nitrogen and oxygen atoms in total. The Morgan fingerprint density at radius 2 is 1.48 bits per heavy atom. The van der Waals surface area contributed by atoms with Crippen LogP contribution in [0, 0.1) is 0 Å². The number of benzene rings is 4. The number of methoxy groups -OCH3 is 2. The molecule has 4 aromatic carbocycles. The predicted molar refractivity (Wildman–Crippen MR) is 198 cm³/mol. The highest BCUT2D eigenvalue weighted by molar-refractivity contribution is 5.92. The third-order valence-electron chi connectivity index (χ3n) is 9.57. The normalized spacial score (nSPS) is 14.8. The van der Waals surface area contributed by atoms with Crippen molar-refractivity contribution in [3.63, 3.8) is 0 Å². The van der Waals surface area contributed by atoms with E-state index in [-0.39, 0.29) is 48.6 Å². The highest BCUT2D eigenvalue weighted by atomic mass is 16.7. The number of hydrogen-bond acceptors (Lipinski definition) is 9. The van der Waals surface area contributed by atoms with E-state index in [0.717, 1.165) is 29.5 Å². The average molecular weight is 711 g/mol. The maximum absolute atomic E-state index is 13.5. The van der Waals surface area contributed by atoms with Crippen LogP contribution in [0.4, 0.5) is 0 Å². The van der Waals surface area contributed by atoms with Crippen molar-refractivity contribution in [2.75, 3.05) is 40.8 Å². The van der Waals surface area contributed by atoms with Gasteiger partial charge in [-0.15, -0.1) is 0 Å². The van der Waals surface area contributed by atoms with Gasteiger partial charge in [0.25, 0.3) is 0 Å². The van der Waals surface area contributed by atoms with Crippen molar-refractivity contribution in [2.45, 2.75) is 70.5 Å². The minimum Gasteiger partial charge on any atom is -0.496 e. The standard InChI is InChI=1S/C43H50O9/c1-42(2)20-21-43(3,4)36-24-32(16-19-35(36)42)39(52-40(44)25-31-14-10-11-15-37(31)47-6)28-49-33-17-18-34(38(26-33)51-29-48-23-22-46-5)41(45)50-27-30-12-8-7-9-13-30/h7-19,24,26,39H,20-23,25,27-29H2,1-6H3/t39-/m0/s1. The lowest BCUT2D eigenvalue weighted by molar-refractivity contribution is -0.150. The number of para-hydroxylation sites is 1. The summed E-state index contributed by atoms with van der Waals surface area (Å²) in [7, 11) is 3.16. The molecule has 0 heterocycles. The van der Waals surface area contributed by atoms with Crippen LogP contribution >= 0.6 is 0 Å². The van der Waals surface area contributed by atoms with E-state index in [1.165, 1.54) is 11.1 Å². The van der Waals surface area contributed by atoms with Crippen LogP contribution in [0.2, 0.25) is 0 Å². The van der Waals surface area contributed by atoms with Crippen molar-refractivity contribution in [3.05, 3.63) is 124 Å². The molecule has 0 radical (unpaired) electrons. The number of ether oxygens (including phenoxy) is 7. The molecule has 0 saturated heterocycles. The molecule has 0 fully saturated rings. The van der Waals surface area contributed by atoms with Gasteiger partial charge >= 0.3 is 11.9 Å². The second-order valence-electron chi connectivity index (χ2n) is 14.2. The SMILES string of the molecule is COCCOCOc1cc(OC[C@H](OC(=O)Cc2ccccc2OC)c2ccc3c(c2)C(C)(C)CCC3(C)C)ccc1C(=O)OCc1ccccc1. The van der Waals surface area contributed by atoms with Crippen molar-refractivity contribution in [3.8, 4) is 17.2 Å². The number of hydrogen-bond donors (Lipinski definition) is 0. The Balaban J connectivity index is 1.40. The van der Waals surface area contributed by atoms with Crippen LogP contribution < -0.4 is 14.2 Å². The van der Waals surface area contributed by atoms with Gasteiger partial charge in [0.05, 0.1) is 26.7 Å². The third kappa shape index (κ3) is 9.92. The van der Waals surface area contributed by atoms with Gasteiger partial charge in [-0.05, 0) is 64.1 Å². The van der Waals surface area contributed by atoms with Crippen molar-refractivity contribution in [1.82, 2.24) is 0 Å². The van der Waals surface area contributed by atoms with Crippen LogP contribution in [0.25, 0.3) is 0 Å². The Morgan fingerprint density at radius 3 is 2.23 bits per heavy atom. The van der Waals surface area contributed by atoms with Crippen LogP contribution in [-0.2, 0) is 47.6 Å². The molecular weight excluding hydrogens is 660 g/mol. The third-order valence-corrected chi connectivity index (χ3v) is 9.57. The van der Waals surface area contributed by atoms with E-state index in [0.29, 0.717) is 24.7 Å². The number of fused-ring (bicyclic) bond motifs is 1. The van der Waals surface area contributed by atoms with Crippen molar-refractivity contribution < 1.29 is 42.7 Å². The summed E-state index contributed by atoms with van der Waals surface area (Å²) in [4.78, 5) is 26.7. The van der Waals surface area contributed by atoms with E-state index >= 15 is 0 Å². The first-order valence-electron chi connectivity index (χ1n) is 17.6. The quantitative estimate of drug-likeness (QED) is 0.0609. The van der Waals surface area contributed by atoms with Crippen molar-refractivity contribution in [2.24, 2.45) is 0 Å². The number of carbonyl (C=O) groups is 2. The first kappa shape index (κ1) is 38.4. The molecule has 52 heavy (non-hydrogen) atoms. The highest BCUT2D eigenvalue weighted by Gasteiger charge is 2.37. The van der Waals surface area contributed by atoms with Gasteiger partial charge in [-0.25, -0.2) is 4.79 Å². The van der Waals surface area contributed by atoms with E-state index in [4.69, 9.17) is 33.2 Å². The van der Waals surface area contributed by atoms with Gasteiger partial charge < -0.3 is 33.2 Å². The smallest absolute Gasteiger partial charge is 0.342 e. The summed E-state index contributed by atoms with van der Waals surface area (Å²) in [6.07, 6.45) is 1.43. The molecule has 5 rings (SSSR count). The number of esters is 2. The zero-order valence-corrected chi connectivity index (χ0v) is 31.1. The Morgan fingerprint density at radius 1 is 0.750 bits per heavy atom.